The van der Waals surface area contributed by atoms with Gasteiger partial charge in [-0.25, -0.2) is 4.98 Å². The van der Waals surface area contributed by atoms with Gasteiger partial charge in [0.1, 0.15) is 0 Å². The van der Waals surface area contributed by atoms with E-state index in [1.807, 2.05) is 11.6 Å². The summed E-state index contributed by atoms with van der Waals surface area (Å²) >= 11 is 1.71. The summed E-state index contributed by atoms with van der Waals surface area (Å²) in [6.45, 7) is 2.83. The van der Waals surface area contributed by atoms with Gasteiger partial charge in [-0.15, -0.1) is 11.3 Å². The molecule has 17 heavy (non-hydrogen) atoms. The first-order valence-electron chi connectivity index (χ1n) is 5.92. The van der Waals surface area contributed by atoms with E-state index in [-0.39, 0.29) is 0 Å². The molecule has 0 aliphatic carbocycles. The zero-order valence-corrected chi connectivity index (χ0v) is 10.9. The Morgan fingerprint density at radius 2 is 2.00 bits per heavy atom. The van der Waals surface area contributed by atoms with Gasteiger partial charge in [0.2, 0.25) is 0 Å². The molecule has 0 aliphatic rings. The van der Waals surface area contributed by atoms with E-state index in [0.29, 0.717) is 12.5 Å². The van der Waals surface area contributed by atoms with Crippen molar-refractivity contribution in [3.05, 3.63) is 52.0 Å². The number of nitrogens with two attached hydrogens (primary N) is 1. The van der Waals surface area contributed by atoms with E-state index in [2.05, 4.69) is 36.2 Å². The molecular weight excluding hydrogens is 228 g/mol. The van der Waals surface area contributed by atoms with Crippen molar-refractivity contribution in [2.45, 2.75) is 19.8 Å². The van der Waals surface area contributed by atoms with E-state index < -0.39 is 0 Å². The number of hydrogen-bond acceptors (Lipinski definition) is 3. The first kappa shape index (κ1) is 12.3. The highest BCUT2D eigenvalue weighted by atomic mass is 32.1. The lowest BCUT2D eigenvalue weighted by atomic mass is 9.96. The maximum Gasteiger partial charge on any atom is 0.0928 e. The van der Waals surface area contributed by atoms with Gasteiger partial charge in [0.15, 0.2) is 0 Å². The summed E-state index contributed by atoms with van der Waals surface area (Å²) in [5, 5.41) is 3.21. The molecule has 0 saturated heterocycles. The third-order valence-corrected chi connectivity index (χ3v) is 3.73. The maximum atomic E-state index is 5.84. The van der Waals surface area contributed by atoms with Gasteiger partial charge in [-0.3, -0.25) is 0 Å². The highest BCUT2D eigenvalue weighted by Crippen LogP contribution is 2.16. The lowest BCUT2D eigenvalue weighted by Crippen LogP contribution is -2.19. The number of thiazole rings is 1. The standard InChI is InChI=1S/C14H18N2S/c1-11-2-4-12(5-3-11)8-13(10-15)9-14-16-6-7-17-14/h2-7,13H,8-10,15H2,1H3. The van der Waals surface area contributed by atoms with E-state index in [9.17, 15) is 0 Å². The summed E-state index contributed by atoms with van der Waals surface area (Å²) in [6, 6.07) is 8.71. The molecule has 0 fully saturated rings. The summed E-state index contributed by atoms with van der Waals surface area (Å²) in [7, 11) is 0. The van der Waals surface area contributed by atoms with Crippen molar-refractivity contribution in [3.63, 3.8) is 0 Å². The Morgan fingerprint density at radius 3 is 2.59 bits per heavy atom. The van der Waals surface area contributed by atoms with Crippen LogP contribution in [0.3, 0.4) is 0 Å². The van der Waals surface area contributed by atoms with Gasteiger partial charge in [0.25, 0.3) is 0 Å². The third-order valence-electron chi connectivity index (χ3n) is 2.93. The Morgan fingerprint density at radius 1 is 1.24 bits per heavy atom. The number of nitrogens with zero attached hydrogens (tertiary/aromatic N) is 1. The Bertz CT molecular complexity index is 434. The van der Waals surface area contributed by atoms with E-state index in [1.165, 1.54) is 16.1 Å². The van der Waals surface area contributed by atoms with Gasteiger partial charge in [-0.2, -0.15) is 0 Å². The fraction of sp³-hybridized carbons (Fsp3) is 0.357. The van der Waals surface area contributed by atoms with Crippen LogP contribution in [-0.4, -0.2) is 11.5 Å². The van der Waals surface area contributed by atoms with Crippen molar-refractivity contribution >= 4 is 11.3 Å². The second-order valence-electron chi connectivity index (χ2n) is 4.42. The number of hydrogen-bond donors (Lipinski definition) is 1. The summed E-state index contributed by atoms with van der Waals surface area (Å²) in [5.41, 5.74) is 8.51. The van der Waals surface area contributed by atoms with Gasteiger partial charge in [-0.05, 0) is 31.4 Å². The Hall–Kier alpha value is -1.19. The molecule has 1 aromatic heterocycles. The fourth-order valence-corrected chi connectivity index (χ4v) is 2.63. The molecule has 3 heteroatoms. The third kappa shape index (κ3) is 3.65. The van der Waals surface area contributed by atoms with Crippen molar-refractivity contribution in [2.24, 2.45) is 11.7 Å². The fourth-order valence-electron chi connectivity index (χ4n) is 1.90. The molecular formula is C14H18N2S. The second kappa shape index (κ2) is 5.94. The molecule has 0 aliphatic heterocycles. The van der Waals surface area contributed by atoms with Crippen LogP contribution >= 0.6 is 11.3 Å². The minimum atomic E-state index is 0.490. The SMILES string of the molecule is Cc1ccc(CC(CN)Cc2nccs2)cc1. The second-order valence-corrected chi connectivity index (χ2v) is 5.40. The lowest BCUT2D eigenvalue weighted by molar-refractivity contribution is 0.532. The van der Waals surface area contributed by atoms with E-state index >= 15 is 0 Å². The number of rotatable bonds is 5. The van der Waals surface area contributed by atoms with Gasteiger partial charge < -0.3 is 5.73 Å². The van der Waals surface area contributed by atoms with Crippen LogP contribution in [0.2, 0.25) is 0 Å². The average molecular weight is 246 g/mol. The molecule has 0 radical (unpaired) electrons. The van der Waals surface area contributed by atoms with Crippen LogP contribution in [0.25, 0.3) is 0 Å². The van der Waals surface area contributed by atoms with Crippen LogP contribution in [0.4, 0.5) is 0 Å². The molecule has 1 heterocycles. The Balaban J connectivity index is 1.97. The predicted molar refractivity (Wildman–Crippen MR) is 73.2 cm³/mol. The van der Waals surface area contributed by atoms with Gasteiger partial charge in [0.05, 0.1) is 5.01 Å². The summed E-state index contributed by atoms with van der Waals surface area (Å²) in [6.07, 6.45) is 3.89. The molecule has 1 unspecified atom stereocenters. The molecule has 90 valence electrons. The smallest absolute Gasteiger partial charge is 0.0928 e. The Labute approximate surface area is 107 Å². The minimum Gasteiger partial charge on any atom is -0.330 e. The summed E-state index contributed by atoms with van der Waals surface area (Å²) in [4.78, 5) is 4.32. The van der Waals surface area contributed by atoms with Crippen LogP contribution < -0.4 is 5.73 Å². The van der Waals surface area contributed by atoms with Gasteiger partial charge in [0, 0.05) is 18.0 Å². The zero-order valence-electron chi connectivity index (χ0n) is 10.1. The minimum absolute atomic E-state index is 0.490. The lowest BCUT2D eigenvalue weighted by Gasteiger charge is -2.13. The molecule has 0 bridgehead atoms. The molecule has 1 aromatic carbocycles. The Kier molecular flexibility index (Phi) is 4.29. The molecule has 0 spiro atoms. The predicted octanol–water partition coefficient (Wildman–Crippen LogP) is 2.81. The molecule has 0 saturated carbocycles. The van der Waals surface area contributed by atoms with E-state index in [0.717, 1.165) is 12.8 Å². The quantitative estimate of drug-likeness (QED) is 0.881. The van der Waals surface area contributed by atoms with E-state index in [4.69, 9.17) is 5.73 Å². The highest BCUT2D eigenvalue weighted by molar-refractivity contribution is 7.09. The van der Waals surface area contributed by atoms with Crippen LogP contribution in [0.15, 0.2) is 35.8 Å². The van der Waals surface area contributed by atoms with E-state index in [1.54, 1.807) is 11.3 Å². The topological polar surface area (TPSA) is 38.9 Å². The largest absolute Gasteiger partial charge is 0.330 e. The van der Waals surface area contributed by atoms with Crippen LogP contribution in [0.1, 0.15) is 16.1 Å². The van der Waals surface area contributed by atoms with Crippen molar-refractivity contribution in [1.29, 1.82) is 0 Å². The number of benzene rings is 1. The van der Waals surface area contributed by atoms with Crippen molar-refractivity contribution in [2.75, 3.05) is 6.54 Å². The zero-order chi connectivity index (χ0) is 12.1. The molecule has 2 rings (SSSR count). The van der Waals surface area contributed by atoms with Crippen LogP contribution in [-0.2, 0) is 12.8 Å². The first-order valence-corrected chi connectivity index (χ1v) is 6.80. The van der Waals surface area contributed by atoms with Crippen LogP contribution in [0.5, 0.6) is 0 Å². The first-order chi connectivity index (χ1) is 8.28. The number of aromatic nitrogens is 1. The highest BCUT2D eigenvalue weighted by Gasteiger charge is 2.10. The molecule has 2 nitrogen and oxygen atoms in total. The molecule has 0 amide bonds. The normalized spacial score (nSPS) is 12.6. The van der Waals surface area contributed by atoms with Gasteiger partial charge in [-0.1, -0.05) is 29.8 Å². The maximum absolute atomic E-state index is 5.84. The van der Waals surface area contributed by atoms with Crippen LogP contribution in [0, 0.1) is 12.8 Å². The monoisotopic (exact) mass is 246 g/mol. The van der Waals surface area contributed by atoms with Gasteiger partial charge >= 0.3 is 0 Å². The van der Waals surface area contributed by atoms with Crippen molar-refractivity contribution in [1.82, 2.24) is 4.98 Å². The summed E-state index contributed by atoms with van der Waals surface area (Å²) in [5.74, 6) is 0.490. The van der Waals surface area contributed by atoms with Crippen molar-refractivity contribution < 1.29 is 0 Å². The number of aryl methyl sites for hydroxylation is 1. The molecule has 2 aromatic rings. The average Bonchev–Trinajstić information content (AvgIpc) is 2.84. The molecule has 1 atom stereocenters. The molecule has 2 N–H and O–H groups in total. The van der Waals surface area contributed by atoms with Crippen molar-refractivity contribution in [3.8, 4) is 0 Å². The summed E-state index contributed by atoms with van der Waals surface area (Å²) < 4.78 is 0.